The molecule has 0 radical (unpaired) electrons. The minimum Gasteiger partial charge on any atom is -0.489 e. The van der Waals surface area contributed by atoms with E-state index in [1.807, 2.05) is 13.0 Å². The van der Waals surface area contributed by atoms with Crippen LogP contribution in [0.2, 0.25) is 0 Å². The molecule has 2 N–H and O–H groups in total. The number of halogens is 1. The number of carbonyl (C=O) groups excluding carboxylic acids is 1. The quantitative estimate of drug-likeness (QED) is 0.240. The second-order valence-electron chi connectivity index (χ2n) is 10.5. The van der Waals surface area contributed by atoms with Crippen molar-refractivity contribution in [2.24, 2.45) is 0 Å². The largest absolute Gasteiger partial charge is 0.489 e. The lowest BCUT2D eigenvalue weighted by atomic mass is 10.1. The van der Waals surface area contributed by atoms with Crippen LogP contribution < -0.4 is 29.6 Å². The number of aryl methyl sites for hydroxylation is 1. The zero-order valence-corrected chi connectivity index (χ0v) is 24.4. The molecule has 44 heavy (non-hydrogen) atoms. The van der Waals surface area contributed by atoms with Crippen LogP contribution >= 0.6 is 0 Å². The molecule has 0 unspecified atom stereocenters. The molecule has 2 amide bonds. The molecule has 230 valence electrons. The van der Waals surface area contributed by atoms with Crippen molar-refractivity contribution < 1.29 is 32.9 Å². The van der Waals surface area contributed by atoms with Crippen molar-refractivity contribution in [2.45, 2.75) is 19.9 Å². The Labute approximate surface area is 254 Å². The minimum absolute atomic E-state index is 0.268. The van der Waals surface area contributed by atoms with Gasteiger partial charge in [-0.25, -0.2) is 19.2 Å². The van der Waals surface area contributed by atoms with Gasteiger partial charge in [0.25, 0.3) is 0 Å². The van der Waals surface area contributed by atoms with Gasteiger partial charge in [-0.15, -0.1) is 0 Å². The van der Waals surface area contributed by atoms with Crippen LogP contribution in [0.4, 0.5) is 14.9 Å². The molecule has 0 bridgehead atoms. The summed E-state index contributed by atoms with van der Waals surface area (Å²) in [6.07, 6.45) is 2.30. The highest BCUT2D eigenvalue weighted by atomic mass is 19.1. The number of morpholine rings is 1. The Kier molecular flexibility index (Phi) is 9.18. The minimum atomic E-state index is -0.382. The number of aromatic nitrogens is 2. The van der Waals surface area contributed by atoms with Crippen molar-refractivity contribution in [3.8, 4) is 28.9 Å². The number of hydrogen-bond acceptors (Lipinski definition) is 9. The first kappa shape index (κ1) is 29.4. The standard InChI is InChI=1S/C32H34FN5O6/c1-21-17-24(37-32(39)34-19-22-3-5-23(33)6-4-22)7-8-26(21)44-31-28-25(35-20-36-31)18-27(29-30(28)43-16-15-42-29)41-12-2-9-38-10-13-40-14-11-38/h3-8,17-18,20H,2,9-16,19H2,1H3,(H2,34,37,39). The predicted octanol–water partition coefficient (Wildman–Crippen LogP) is 5.06. The number of urea groups is 1. The van der Waals surface area contributed by atoms with E-state index in [9.17, 15) is 9.18 Å². The summed E-state index contributed by atoms with van der Waals surface area (Å²) < 4.78 is 43.0. The van der Waals surface area contributed by atoms with Gasteiger partial charge >= 0.3 is 6.03 Å². The highest BCUT2D eigenvalue weighted by Crippen LogP contribution is 2.48. The van der Waals surface area contributed by atoms with E-state index in [0.717, 1.165) is 50.4 Å². The van der Waals surface area contributed by atoms with Gasteiger partial charge < -0.3 is 34.3 Å². The van der Waals surface area contributed by atoms with Crippen molar-refractivity contribution in [1.82, 2.24) is 20.2 Å². The fourth-order valence-corrected chi connectivity index (χ4v) is 5.07. The van der Waals surface area contributed by atoms with Gasteiger partial charge in [-0.2, -0.15) is 0 Å². The van der Waals surface area contributed by atoms with Crippen molar-refractivity contribution in [3.05, 3.63) is 71.8 Å². The lowest BCUT2D eigenvalue weighted by Gasteiger charge is -2.26. The summed E-state index contributed by atoms with van der Waals surface area (Å²) in [6.45, 7) is 7.80. The molecule has 0 aliphatic carbocycles. The van der Waals surface area contributed by atoms with E-state index in [1.165, 1.54) is 18.5 Å². The molecule has 2 aliphatic rings. The first-order valence-electron chi connectivity index (χ1n) is 14.6. The van der Waals surface area contributed by atoms with E-state index >= 15 is 0 Å². The third kappa shape index (κ3) is 7.09. The van der Waals surface area contributed by atoms with Crippen molar-refractivity contribution in [1.29, 1.82) is 0 Å². The van der Waals surface area contributed by atoms with Crippen molar-refractivity contribution in [3.63, 3.8) is 0 Å². The molecule has 0 atom stereocenters. The Hall–Kier alpha value is -4.68. The summed E-state index contributed by atoms with van der Waals surface area (Å²) in [4.78, 5) is 23.7. The van der Waals surface area contributed by atoms with Gasteiger partial charge in [-0.1, -0.05) is 12.1 Å². The summed E-state index contributed by atoms with van der Waals surface area (Å²) in [6, 6.07) is 12.7. The number of nitrogens with zero attached hydrogens (tertiary/aromatic N) is 3. The predicted molar refractivity (Wildman–Crippen MR) is 161 cm³/mol. The average Bonchev–Trinajstić information content (AvgIpc) is 3.04. The normalized spacial score (nSPS) is 14.7. The van der Waals surface area contributed by atoms with E-state index in [2.05, 4.69) is 25.5 Å². The number of benzene rings is 3. The molecular formula is C32H34FN5O6. The Morgan fingerprint density at radius 2 is 1.77 bits per heavy atom. The number of amides is 2. The molecule has 3 aromatic carbocycles. The number of fused-ring (bicyclic) bond motifs is 3. The number of nitrogens with one attached hydrogen (secondary N) is 2. The first-order chi connectivity index (χ1) is 21.5. The molecule has 3 heterocycles. The maximum atomic E-state index is 13.1. The molecule has 1 saturated heterocycles. The number of ether oxygens (including phenoxy) is 5. The van der Waals surface area contributed by atoms with Crippen molar-refractivity contribution in [2.75, 3.05) is 58.0 Å². The molecule has 1 fully saturated rings. The third-order valence-corrected chi connectivity index (χ3v) is 7.33. The number of anilines is 1. The topological polar surface area (TPSA) is 116 Å². The first-order valence-corrected chi connectivity index (χ1v) is 14.6. The Morgan fingerprint density at radius 1 is 0.977 bits per heavy atom. The van der Waals surface area contributed by atoms with E-state index in [-0.39, 0.29) is 18.4 Å². The van der Waals surface area contributed by atoms with Crippen LogP contribution in [-0.4, -0.2) is 73.6 Å². The summed E-state index contributed by atoms with van der Waals surface area (Å²) in [7, 11) is 0. The van der Waals surface area contributed by atoms with Gasteiger partial charge in [0.05, 0.1) is 25.3 Å². The highest BCUT2D eigenvalue weighted by Gasteiger charge is 2.25. The highest BCUT2D eigenvalue weighted by molar-refractivity contribution is 5.94. The fourth-order valence-electron chi connectivity index (χ4n) is 5.07. The van der Waals surface area contributed by atoms with E-state index in [4.69, 9.17) is 23.7 Å². The molecule has 11 nitrogen and oxygen atoms in total. The summed E-state index contributed by atoms with van der Waals surface area (Å²) in [5.41, 5.74) is 2.76. The van der Waals surface area contributed by atoms with Crippen LogP contribution in [0, 0.1) is 12.7 Å². The molecule has 6 rings (SSSR count). The third-order valence-electron chi connectivity index (χ3n) is 7.33. The van der Waals surface area contributed by atoms with Crippen LogP contribution in [-0.2, 0) is 11.3 Å². The molecular weight excluding hydrogens is 569 g/mol. The van der Waals surface area contributed by atoms with Gasteiger partial charge in [0.2, 0.25) is 11.6 Å². The zero-order chi connectivity index (χ0) is 30.3. The molecule has 4 aromatic rings. The Bertz CT molecular complexity index is 1610. The monoisotopic (exact) mass is 603 g/mol. The summed E-state index contributed by atoms with van der Waals surface area (Å²) in [5.74, 6) is 2.12. The molecule has 0 spiro atoms. The summed E-state index contributed by atoms with van der Waals surface area (Å²) in [5, 5.41) is 6.16. The molecule has 2 aliphatic heterocycles. The van der Waals surface area contributed by atoms with E-state index in [1.54, 1.807) is 30.3 Å². The van der Waals surface area contributed by atoms with Gasteiger partial charge in [0.15, 0.2) is 11.5 Å². The van der Waals surface area contributed by atoms with Crippen LogP contribution in [0.3, 0.4) is 0 Å². The van der Waals surface area contributed by atoms with Gasteiger partial charge in [-0.3, -0.25) is 4.90 Å². The van der Waals surface area contributed by atoms with Crippen LogP contribution in [0.25, 0.3) is 10.9 Å². The van der Waals surface area contributed by atoms with Crippen LogP contribution in [0.5, 0.6) is 28.9 Å². The molecule has 1 aromatic heterocycles. The maximum absolute atomic E-state index is 13.1. The second kappa shape index (κ2) is 13.7. The van der Waals surface area contributed by atoms with Crippen molar-refractivity contribution >= 4 is 22.6 Å². The van der Waals surface area contributed by atoms with E-state index in [0.29, 0.717) is 65.3 Å². The molecule has 12 heteroatoms. The van der Waals surface area contributed by atoms with Gasteiger partial charge in [0, 0.05) is 37.9 Å². The second-order valence-corrected chi connectivity index (χ2v) is 10.5. The van der Waals surface area contributed by atoms with Gasteiger partial charge in [-0.05, 0) is 54.8 Å². The fraction of sp³-hybridized carbons (Fsp3) is 0.344. The van der Waals surface area contributed by atoms with Crippen LogP contribution in [0.15, 0.2) is 54.9 Å². The Morgan fingerprint density at radius 3 is 2.57 bits per heavy atom. The smallest absolute Gasteiger partial charge is 0.319 e. The van der Waals surface area contributed by atoms with E-state index < -0.39 is 0 Å². The maximum Gasteiger partial charge on any atom is 0.319 e. The van der Waals surface area contributed by atoms with Crippen LogP contribution in [0.1, 0.15) is 17.5 Å². The number of hydrogen-bond donors (Lipinski definition) is 2. The number of rotatable bonds is 10. The SMILES string of the molecule is Cc1cc(NC(=O)NCc2ccc(F)cc2)ccc1Oc1ncnc2cc(OCCCN3CCOCC3)c3c(c12)OCCO3. The number of carbonyl (C=O) groups is 1. The summed E-state index contributed by atoms with van der Waals surface area (Å²) >= 11 is 0. The Balaban J connectivity index is 1.14. The molecule has 0 saturated carbocycles. The lowest BCUT2D eigenvalue weighted by molar-refractivity contribution is 0.0357. The lowest BCUT2D eigenvalue weighted by Crippen LogP contribution is -2.37. The zero-order valence-electron chi connectivity index (χ0n) is 24.4. The van der Waals surface area contributed by atoms with Gasteiger partial charge in [0.1, 0.15) is 36.5 Å². The average molecular weight is 604 g/mol.